The lowest BCUT2D eigenvalue weighted by Gasteiger charge is -2.13. The van der Waals surface area contributed by atoms with Crippen molar-refractivity contribution in [3.8, 4) is 0 Å². The Bertz CT molecular complexity index is 561. The predicted octanol–water partition coefficient (Wildman–Crippen LogP) is 4.37. The van der Waals surface area contributed by atoms with Gasteiger partial charge in [0, 0.05) is 46.2 Å². The van der Waals surface area contributed by atoms with Gasteiger partial charge in [-0.25, -0.2) is 0 Å². The third-order valence-corrected chi connectivity index (χ3v) is 3.83. The minimum atomic E-state index is 0.570. The second-order valence-electron chi connectivity index (χ2n) is 4.06. The highest BCUT2D eigenvalue weighted by Gasteiger charge is 2.06. The van der Waals surface area contributed by atoms with Crippen molar-refractivity contribution in [2.24, 2.45) is 0 Å². The maximum atomic E-state index is 5.23. The first-order chi connectivity index (χ1) is 9.20. The summed E-state index contributed by atoms with van der Waals surface area (Å²) in [5.74, 6) is 0. The van der Waals surface area contributed by atoms with Crippen molar-refractivity contribution in [3.05, 3.63) is 56.7 Å². The van der Waals surface area contributed by atoms with Crippen molar-refractivity contribution < 1.29 is 4.74 Å². The van der Waals surface area contributed by atoms with Crippen LogP contribution in [-0.2, 0) is 17.9 Å². The first-order valence-corrected chi connectivity index (χ1v) is 7.39. The minimum absolute atomic E-state index is 0.570. The first-order valence-electron chi connectivity index (χ1n) is 5.80. The van der Waals surface area contributed by atoms with E-state index in [1.165, 1.54) is 0 Å². The molecule has 0 aliphatic rings. The van der Waals surface area contributed by atoms with Crippen LogP contribution in [0.15, 0.2) is 45.6 Å². The molecular formula is C14H14Br2N2O. The molecule has 0 aliphatic heterocycles. The van der Waals surface area contributed by atoms with E-state index in [-0.39, 0.29) is 0 Å². The molecule has 0 spiro atoms. The van der Waals surface area contributed by atoms with Crippen LogP contribution in [0.1, 0.15) is 11.1 Å². The average molecular weight is 386 g/mol. The fourth-order valence-electron chi connectivity index (χ4n) is 1.77. The topological polar surface area (TPSA) is 34.1 Å². The maximum absolute atomic E-state index is 5.23. The number of hydrogen-bond acceptors (Lipinski definition) is 3. The average Bonchev–Trinajstić information content (AvgIpc) is 2.40. The molecule has 3 nitrogen and oxygen atoms in total. The zero-order chi connectivity index (χ0) is 13.7. The lowest BCUT2D eigenvalue weighted by molar-refractivity contribution is 0.185. The Kier molecular flexibility index (Phi) is 5.36. The Balaban J connectivity index is 2.13. The van der Waals surface area contributed by atoms with E-state index in [0.717, 1.165) is 32.3 Å². The fraction of sp³-hybridized carbons (Fsp3) is 0.214. The smallest absolute Gasteiger partial charge is 0.0744 e. The first kappa shape index (κ1) is 14.5. The quantitative estimate of drug-likeness (QED) is 0.829. The summed E-state index contributed by atoms with van der Waals surface area (Å²) in [6.45, 7) is 1.29. The molecule has 0 saturated heterocycles. The molecule has 100 valence electrons. The molecule has 1 aromatic carbocycles. The van der Waals surface area contributed by atoms with E-state index in [0.29, 0.717) is 6.61 Å². The van der Waals surface area contributed by atoms with E-state index in [4.69, 9.17) is 4.74 Å². The fourth-order valence-corrected chi connectivity index (χ4v) is 2.66. The molecule has 0 saturated carbocycles. The molecule has 1 N–H and O–H groups in total. The van der Waals surface area contributed by atoms with Crippen molar-refractivity contribution in [2.45, 2.75) is 13.2 Å². The van der Waals surface area contributed by atoms with Crippen LogP contribution >= 0.6 is 31.9 Å². The third kappa shape index (κ3) is 4.03. The summed E-state index contributed by atoms with van der Waals surface area (Å²) in [6.07, 6.45) is 3.63. The predicted molar refractivity (Wildman–Crippen MR) is 84.1 cm³/mol. The maximum Gasteiger partial charge on any atom is 0.0744 e. The van der Waals surface area contributed by atoms with Gasteiger partial charge < -0.3 is 10.1 Å². The Morgan fingerprint density at radius 3 is 2.84 bits per heavy atom. The van der Waals surface area contributed by atoms with Crippen LogP contribution < -0.4 is 5.32 Å². The number of rotatable bonds is 5. The van der Waals surface area contributed by atoms with Crippen LogP contribution in [0.25, 0.3) is 0 Å². The van der Waals surface area contributed by atoms with E-state index in [1.807, 2.05) is 30.5 Å². The Morgan fingerprint density at radius 2 is 2.11 bits per heavy atom. The van der Waals surface area contributed by atoms with Gasteiger partial charge in [-0.3, -0.25) is 4.98 Å². The second kappa shape index (κ2) is 7.03. The summed E-state index contributed by atoms with van der Waals surface area (Å²) in [7, 11) is 1.70. The number of pyridine rings is 1. The summed E-state index contributed by atoms with van der Waals surface area (Å²) in [6, 6.07) is 8.11. The molecule has 0 fully saturated rings. The lowest BCUT2D eigenvalue weighted by Crippen LogP contribution is -2.04. The van der Waals surface area contributed by atoms with Crippen molar-refractivity contribution in [2.75, 3.05) is 12.4 Å². The van der Waals surface area contributed by atoms with Crippen LogP contribution in [0.2, 0.25) is 0 Å². The van der Waals surface area contributed by atoms with E-state index < -0.39 is 0 Å². The largest absolute Gasteiger partial charge is 0.381 e. The van der Waals surface area contributed by atoms with Gasteiger partial charge in [-0.15, -0.1) is 0 Å². The number of nitrogens with zero attached hydrogens (tertiary/aromatic N) is 1. The molecule has 0 unspecified atom stereocenters. The second-order valence-corrected chi connectivity index (χ2v) is 5.83. The van der Waals surface area contributed by atoms with Gasteiger partial charge in [0.15, 0.2) is 0 Å². The number of methoxy groups -OCH3 is 1. The van der Waals surface area contributed by atoms with Crippen LogP contribution in [-0.4, -0.2) is 12.1 Å². The van der Waals surface area contributed by atoms with Crippen molar-refractivity contribution >= 4 is 37.5 Å². The lowest BCUT2D eigenvalue weighted by atomic mass is 10.2. The molecular weight excluding hydrogens is 372 g/mol. The summed E-state index contributed by atoms with van der Waals surface area (Å²) < 4.78 is 7.26. The summed E-state index contributed by atoms with van der Waals surface area (Å²) in [5.41, 5.74) is 3.31. The van der Waals surface area contributed by atoms with Gasteiger partial charge in [0.1, 0.15) is 0 Å². The number of benzene rings is 1. The SMILES string of the molecule is COCc1c(Br)cccc1NCc1cncc(Br)c1. The summed E-state index contributed by atoms with van der Waals surface area (Å²) in [5, 5.41) is 3.41. The van der Waals surface area contributed by atoms with Gasteiger partial charge in [-0.2, -0.15) is 0 Å². The minimum Gasteiger partial charge on any atom is -0.381 e. The standard InChI is InChI=1S/C14H14Br2N2O/c1-19-9-12-13(16)3-2-4-14(12)18-7-10-5-11(15)8-17-6-10/h2-6,8,18H,7,9H2,1H3. The molecule has 1 aromatic heterocycles. The van der Waals surface area contributed by atoms with Crippen LogP contribution in [0.4, 0.5) is 5.69 Å². The molecule has 2 aromatic rings. The normalized spacial score (nSPS) is 10.5. The summed E-state index contributed by atoms with van der Waals surface area (Å²) in [4.78, 5) is 4.15. The van der Waals surface area contributed by atoms with Gasteiger partial charge in [0.2, 0.25) is 0 Å². The van der Waals surface area contributed by atoms with Gasteiger partial charge >= 0.3 is 0 Å². The van der Waals surface area contributed by atoms with E-state index in [1.54, 1.807) is 13.3 Å². The van der Waals surface area contributed by atoms with E-state index in [9.17, 15) is 0 Å². The van der Waals surface area contributed by atoms with Crippen molar-refractivity contribution in [1.82, 2.24) is 4.98 Å². The number of halogens is 2. The highest BCUT2D eigenvalue weighted by molar-refractivity contribution is 9.10. The highest BCUT2D eigenvalue weighted by atomic mass is 79.9. The molecule has 0 radical (unpaired) electrons. The molecule has 0 aliphatic carbocycles. The number of anilines is 1. The highest BCUT2D eigenvalue weighted by Crippen LogP contribution is 2.26. The number of nitrogens with one attached hydrogen (secondary N) is 1. The third-order valence-electron chi connectivity index (χ3n) is 2.65. The Hall–Kier alpha value is -0.910. The van der Waals surface area contributed by atoms with Crippen LogP contribution in [0.3, 0.4) is 0 Å². The zero-order valence-corrected chi connectivity index (χ0v) is 13.7. The molecule has 0 amide bonds. The molecule has 5 heteroatoms. The van der Waals surface area contributed by atoms with Crippen LogP contribution in [0, 0.1) is 0 Å². The van der Waals surface area contributed by atoms with Gasteiger partial charge in [-0.1, -0.05) is 22.0 Å². The van der Waals surface area contributed by atoms with E-state index in [2.05, 4.69) is 42.2 Å². The van der Waals surface area contributed by atoms with Crippen LogP contribution in [0.5, 0.6) is 0 Å². The number of hydrogen-bond donors (Lipinski definition) is 1. The Morgan fingerprint density at radius 1 is 1.26 bits per heavy atom. The van der Waals surface area contributed by atoms with E-state index >= 15 is 0 Å². The molecule has 2 rings (SSSR count). The zero-order valence-electron chi connectivity index (χ0n) is 10.5. The molecule has 1 heterocycles. The van der Waals surface area contributed by atoms with Gasteiger partial charge in [0.05, 0.1) is 6.61 Å². The number of ether oxygens (including phenoxy) is 1. The van der Waals surface area contributed by atoms with Gasteiger partial charge in [0.25, 0.3) is 0 Å². The van der Waals surface area contributed by atoms with Crippen molar-refractivity contribution in [3.63, 3.8) is 0 Å². The Labute approximate surface area is 129 Å². The van der Waals surface area contributed by atoms with Crippen molar-refractivity contribution in [1.29, 1.82) is 0 Å². The summed E-state index contributed by atoms with van der Waals surface area (Å²) >= 11 is 6.97. The van der Waals surface area contributed by atoms with Gasteiger partial charge in [-0.05, 0) is 39.7 Å². The number of aromatic nitrogens is 1. The monoisotopic (exact) mass is 384 g/mol. The molecule has 19 heavy (non-hydrogen) atoms. The molecule has 0 atom stereocenters. The molecule has 0 bridgehead atoms.